The number of halogens is 2. The van der Waals surface area contributed by atoms with E-state index in [0.717, 1.165) is 17.7 Å². The van der Waals surface area contributed by atoms with Crippen molar-refractivity contribution < 1.29 is 23.8 Å². The lowest BCUT2D eigenvalue weighted by Gasteiger charge is -2.41. The average molecular weight is 391 g/mol. The molecule has 0 spiro atoms. The number of anilines is 2. The summed E-state index contributed by atoms with van der Waals surface area (Å²) in [6.07, 6.45) is -0.257. The van der Waals surface area contributed by atoms with Gasteiger partial charge < -0.3 is 9.84 Å². The predicted molar refractivity (Wildman–Crippen MR) is 97.7 cm³/mol. The number of amides is 2. The molecule has 1 saturated carbocycles. The number of fused-ring (bicyclic) bond motifs is 1. The van der Waals surface area contributed by atoms with Crippen molar-refractivity contribution in [3.05, 3.63) is 58.9 Å². The maximum atomic E-state index is 13.3. The quantitative estimate of drug-likeness (QED) is 0.783. The molecule has 0 aromatic heterocycles. The number of cyclic esters (lactones) is 1. The molecule has 2 aliphatic rings. The molecule has 1 atom stereocenters. The molecule has 4 rings (SSSR count). The van der Waals surface area contributed by atoms with Gasteiger partial charge in [0.2, 0.25) is 0 Å². The Morgan fingerprint density at radius 1 is 1.30 bits per heavy atom. The first-order chi connectivity index (χ1) is 12.9. The Morgan fingerprint density at radius 2 is 2.00 bits per heavy atom. The molecule has 1 fully saturated rings. The number of rotatable bonds is 4. The second-order valence-corrected chi connectivity index (χ2v) is 7.15. The van der Waals surface area contributed by atoms with E-state index in [-0.39, 0.29) is 12.5 Å². The van der Waals surface area contributed by atoms with E-state index in [1.54, 1.807) is 18.2 Å². The highest BCUT2D eigenvalue weighted by Gasteiger charge is 2.54. The van der Waals surface area contributed by atoms with E-state index in [4.69, 9.17) is 16.3 Å². The van der Waals surface area contributed by atoms with Crippen LogP contribution in [0.1, 0.15) is 18.4 Å². The molecule has 0 bridgehead atoms. The molecular weight excluding hydrogens is 375 g/mol. The van der Waals surface area contributed by atoms with Crippen molar-refractivity contribution in [2.75, 3.05) is 16.8 Å². The molecule has 1 aliphatic carbocycles. The molecule has 0 radical (unpaired) electrons. The second kappa shape index (κ2) is 6.42. The lowest BCUT2D eigenvalue weighted by Crippen LogP contribution is -2.51. The van der Waals surface area contributed by atoms with Gasteiger partial charge in [-0.15, -0.1) is 0 Å². The standard InChI is InChI=1S/C19H16ClFN2O4/c20-12-3-8-16-15(9-12)19(11-1-2-11,27-17(24)22-16)10-23(18(25)26)14-6-4-13(21)5-7-14/h3-9,11H,1-2,10H2,(H,22,24)(H,25,26). The number of nitrogens with zero attached hydrogens (tertiary/aromatic N) is 1. The van der Waals surface area contributed by atoms with Gasteiger partial charge in [-0.25, -0.2) is 14.0 Å². The van der Waals surface area contributed by atoms with Gasteiger partial charge in [0.25, 0.3) is 0 Å². The van der Waals surface area contributed by atoms with E-state index in [1.807, 2.05) is 0 Å². The second-order valence-electron chi connectivity index (χ2n) is 6.71. The maximum absolute atomic E-state index is 13.3. The van der Waals surface area contributed by atoms with E-state index in [9.17, 15) is 19.1 Å². The third-order valence-electron chi connectivity index (χ3n) is 4.95. The molecule has 2 amide bonds. The van der Waals surface area contributed by atoms with Gasteiger partial charge in [-0.05, 0) is 55.3 Å². The summed E-state index contributed by atoms with van der Waals surface area (Å²) in [5.74, 6) is -0.491. The zero-order valence-electron chi connectivity index (χ0n) is 14.1. The number of hydrogen-bond donors (Lipinski definition) is 2. The highest BCUT2D eigenvalue weighted by atomic mass is 35.5. The molecule has 8 heteroatoms. The summed E-state index contributed by atoms with van der Waals surface area (Å²) in [6, 6.07) is 10.2. The largest absolute Gasteiger partial charge is 0.465 e. The Kier molecular flexibility index (Phi) is 4.19. The molecule has 1 aliphatic heterocycles. The fourth-order valence-corrected chi connectivity index (χ4v) is 3.73. The predicted octanol–water partition coefficient (Wildman–Crippen LogP) is 4.83. The van der Waals surface area contributed by atoms with Crippen molar-refractivity contribution >= 4 is 35.2 Å². The Morgan fingerprint density at radius 3 is 2.63 bits per heavy atom. The number of benzene rings is 2. The van der Waals surface area contributed by atoms with Crippen molar-refractivity contribution in [3.63, 3.8) is 0 Å². The molecule has 2 aromatic carbocycles. The van der Waals surface area contributed by atoms with Crippen LogP contribution >= 0.6 is 11.6 Å². The van der Waals surface area contributed by atoms with E-state index < -0.39 is 23.6 Å². The Balaban J connectivity index is 1.81. The van der Waals surface area contributed by atoms with E-state index in [1.165, 1.54) is 24.3 Å². The highest BCUT2D eigenvalue weighted by Crippen LogP contribution is 2.53. The molecule has 140 valence electrons. The fraction of sp³-hybridized carbons (Fsp3) is 0.263. The maximum Gasteiger partial charge on any atom is 0.412 e. The van der Waals surface area contributed by atoms with Crippen LogP contribution < -0.4 is 10.2 Å². The minimum absolute atomic E-state index is 0.0249. The molecule has 27 heavy (non-hydrogen) atoms. The summed E-state index contributed by atoms with van der Waals surface area (Å²) in [7, 11) is 0. The summed E-state index contributed by atoms with van der Waals surface area (Å²) < 4.78 is 19.0. The van der Waals surface area contributed by atoms with Crippen molar-refractivity contribution in [3.8, 4) is 0 Å². The van der Waals surface area contributed by atoms with Crippen LogP contribution in [0.4, 0.5) is 25.4 Å². The number of carboxylic acid groups (broad SMARTS) is 1. The fourth-order valence-electron chi connectivity index (χ4n) is 3.56. The number of nitrogens with one attached hydrogen (secondary N) is 1. The monoisotopic (exact) mass is 390 g/mol. The zero-order chi connectivity index (χ0) is 19.2. The van der Waals surface area contributed by atoms with Crippen molar-refractivity contribution in [1.29, 1.82) is 0 Å². The lowest BCUT2D eigenvalue weighted by atomic mass is 9.85. The summed E-state index contributed by atoms with van der Waals surface area (Å²) >= 11 is 6.16. The van der Waals surface area contributed by atoms with Crippen LogP contribution in [0.3, 0.4) is 0 Å². The van der Waals surface area contributed by atoms with Crippen molar-refractivity contribution in [2.45, 2.75) is 18.4 Å². The molecule has 2 aromatic rings. The van der Waals surface area contributed by atoms with Gasteiger partial charge in [0, 0.05) is 22.2 Å². The summed E-state index contributed by atoms with van der Waals surface area (Å²) in [5.41, 5.74) is 0.328. The Hall–Kier alpha value is -2.80. The molecule has 1 unspecified atom stereocenters. The van der Waals surface area contributed by atoms with Crippen LogP contribution in [0.25, 0.3) is 0 Å². The van der Waals surface area contributed by atoms with Gasteiger partial charge in [0.05, 0.1) is 12.2 Å². The normalized spacial score (nSPS) is 21.0. The highest BCUT2D eigenvalue weighted by molar-refractivity contribution is 6.30. The Bertz CT molecular complexity index is 916. The smallest absolute Gasteiger partial charge is 0.412 e. The van der Waals surface area contributed by atoms with Gasteiger partial charge in [0.15, 0.2) is 5.60 Å². The zero-order valence-corrected chi connectivity index (χ0v) is 14.9. The third-order valence-corrected chi connectivity index (χ3v) is 5.18. The number of carbonyl (C=O) groups is 2. The van der Waals surface area contributed by atoms with E-state index >= 15 is 0 Å². The Labute approximate surface area is 159 Å². The summed E-state index contributed by atoms with van der Waals surface area (Å²) in [6.45, 7) is -0.112. The summed E-state index contributed by atoms with van der Waals surface area (Å²) in [5, 5.41) is 12.9. The van der Waals surface area contributed by atoms with Crippen molar-refractivity contribution in [2.24, 2.45) is 5.92 Å². The lowest BCUT2D eigenvalue weighted by molar-refractivity contribution is -0.00128. The first-order valence-corrected chi connectivity index (χ1v) is 8.83. The van der Waals surface area contributed by atoms with Gasteiger partial charge in [-0.3, -0.25) is 10.2 Å². The van der Waals surface area contributed by atoms with Gasteiger partial charge >= 0.3 is 12.2 Å². The minimum atomic E-state index is -1.22. The van der Waals surface area contributed by atoms with E-state index in [0.29, 0.717) is 22.0 Å². The van der Waals surface area contributed by atoms with Gasteiger partial charge in [0.1, 0.15) is 5.82 Å². The molecule has 6 nitrogen and oxygen atoms in total. The van der Waals surface area contributed by atoms with Crippen LogP contribution in [0, 0.1) is 11.7 Å². The third kappa shape index (κ3) is 3.19. The van der Waals surface area contributed by atoms with Crippen LogP contribution in [-0.2, 0) is 10.3 Å². The van der Waals surface area contributed by atoms with Crippen LogP contribution in [-0.4, -0.2) is 23.8 Å². The van der Waals surface area contributed by atoms with Crippen molar-refractivity contribution in [1.82, 2.24) is 0 Å². The van der Waals surface area contributed by atoms with Crippen LogP contribution in [0.15, 0.2) is 42.5 Å². The number of hydrogen-bond acceptors (Lipinski definition) is 3. The average Bonchev–Trinajstić information content (AvgIpc) is 3.46. The molecule has 0 saturated heterocycles. The number of carbonyl (C=O) groups excluding carboxylic acids is 1. The molecule has 1 heterocycles. The van der Waals surface area contributed by atoms with E-state index in [2.05, 4.69) is 5.32 Å². The van der Waals surface area contributed by atoms with Gasteiger partial charge in [-0.2, -0.15) is 0 Å². The van der Waals surface area contributed by atoms with Gasteiger partial charge in [-0.1, -0.05) is 11.6 Å². The first-order valence-electron chi connectivity index (χ1n) is 8.45. The minimum Gasteiger partial charge on any atom is -0.465 e. The SMILES string of the molecule is O=C1Nc2ccc(Cl)cc2C(CN(C(=O)O)c2ccc(F)cc2)(C2CC2)O1. The van der Waals surface area contributed by atoms with Crippen LogP contribution in [0.2, 0.25) is 5.02 Å². The number of ether oxygens (including phenoxy) is 1. The molecule has 2 N–H and O–H groups in total. The topological polar surface area (TPSA) is 78.9 Å². The summed E-state index contributed by atoms with van der Waals surface area (Å²) in [4.78, 5) is 25.2. The molecular formula is C19H16ClFN2O4. The van der Waals surface area contributed by atoms with Crippen LogP contribution in [0.5, 0.6) is 0 Å². The first kappa shape index (κ1) is 17.6.